The van der Waals surface area contributed by atoms with Crippen LogP contribution >= 0.6 is 24.8 Å². The van der Waals surface area contributed by atoms with Crippen molar-refractivity contribution in [3.63, 3.8) is 0 Å². The number of carbonyl (C=O) groups is 1. The zero-order valence-corrected chi connectivity index (χ0v) is 13.9. The van der Waals surface area contributed by atoms with Gasteiger partial charge in [-0.3, -0.25) is 4.79 Å². The third-order valence-corrected chi connectivity index (χ3v) is 3.08. The number of aromatic amines is 1. The Bertz CT molecular complexity index is 550. The second kappa shape index (κ2) is 8.22. The molecule has 0 spiro atoms. The number of benzene rings is 1. The number of amides is 1. The molecule has 1 unspecified atom stereocenters. The van der Waals surface area contributed by atoms with Crippen LogP contribution in [0.2, 0.25) is 0 Å². The number of imidazole rings is 1. The number of aromatic nitrogens is 2. The molecule has 4 N–H and O–H groups in total. The van der Waals surface area contributed by atoms with Crippen LogP contribution in [-0.4, -0.2) is 21.9 Å². The molecule has 0 aliphatic heterocycles. The van der Waals surface area contributed by atoms with Crippen molar-refractivity contribution in [1.82, 2.24) is 15.3 Å². The quantitative estimate of drug-likeness (QED) is 0.804. The summed E-state index contributed by atoms with van der Waals surface area (Å²) in [5.41, 5.74) is 7.47. The average molecular weight is 333 g/mol. The van der Waals surface area contributed by atoms with Gasteiger partial charge >= 0.3 is 0 Å². The summed E-state index contributed by atoms with van der Waals surface area (Å²) in [7, 11) is 0. The second-order valence-corrected chi connectivity index (χ2v) is 5.16. The molecule has 118 valence electrons. The van der Waals surface area contributed by atoms with Gasteiger partial charge in [0.25, 0.3) is 0 Å². The highest BCUT2D eigenvalue weighted by Gasteiger charge is 2.22. The van der Waals surface area contributed by atoms with Crippen molar-refractivity contribution in [1.29, 1.82) is 0 Å². The minimum Gasteiger partial charge on any atom is -0.345 e. The number of nitrogens with zero attached hydrogens (tertiary/aromatic N) is 1. The van der Waals surface area contributed by atoms with Crippen LogP contribution in [0.1, 0.15) is 32.6 Å². The van der Waals surface area contributed by atoms with Gasteiger partial charge in [0.1, 0.15) is 5.82 Å². The fourth-order valence-electron chi connectivity index (χ4n) is 1.96. The molecule has 0 radical (unpaired) electrons. The maximum Gasteiger partial charge on any atom is 0.237 e. The SMILES string of the molecule is CC(C)C(NC(=O)[C@H](C)N)c1nc2ccccc2[nH]1.Cl.Cl. The number of hydrogen-bond acceptors (Lipinski definition) is 3. The molecule has 1 amide bonds. The van der Waals surface area contributed by atoms with E-state index in [2.05, 4.69) is 15.3 Å². The summed E-state index contributed by atoms with van der Waals surface area (Å²) in [6.07, 6.45) is 0. The Labute approximate surface area is 136 Å². The lowest BCUT2D eigenvalue weighted by Gasteiger charge is -2.21. The van der Waals surface area contributed by atoms with Gasteiger partial charge in [-0.1, -0.05) is 26.0 Å². The molecule has 5 nitrogen and oxygen atoms in total. The molecule has 0 aliphatic carbocycles. The van der Waals surface area contributed by atoms with E-state index in [1.165, 1.54) is 0 Å². The normalized spacial score (nSPS) is 13.2. The fourth-order valence-corrected chi connectivity index (χ4v) is 1.96. The fraction of sp³-hybridized carbons (Fsp3) is 0.429. The highest BCUT2D eigenvalue weighted by atomic mass is 35.5. The molecule has 2 aromatic rings. The first kappa shape index (κ1) is 19.7. The molecule has 1 aromatic heterocycles. The van der Waals surface area contributed by atoms with Crippen molar-refractivity contribution in [2.24, 2.45) is 11.7 Å². The van der Waals surface area contributed by atoms with E-state index >= 15 is 0 Å². The van der Waals surface area contributed by atoms with Gasteiger partial charge in [0.15, 0.2) is 0 Å². The molecule has 2 atom stereocenters. The van der Waals surface area contributed by atoms with Crippen molar-refractivity contribution in [2.75, 3.05) is 0 Å². The van der Waals surface area contributed by atoms with E-state index in [9.17, 15) is 4.79 Å². The smallest absolute Gasteiger partial charge is 0.237 e. The summed E-state index contributed by atoms with van der Waals surface area (Å²) < 4.78 is 0. The van der Waals surface area contributed by atoms with Gasteiger partial charge in [0, 0.05) is 0 Å². The number of H-pyrrole nitrogens is 1. The van der Waals surface area contributed by atoms with Crippen LogP contribution in [-0.2, 0) is 4.79 Å². The van der Waals surface area contributed by atoms with Crippen molar-refractivity contribution < 1.29 is 4.79 Å². The molecular formula is C14H22Cl2N4O. The Morgan fingerprint density at radius 1 is 1.24 bits per heavy atom. The lowest BCUT2D eigenvalue weighted by molar-refractivity contribution is -0.123. The molecule has 2 rings (SSSR count). The summed E-state index contributed by atoms with van der Waals surface area (Å²) in [5.74, 6) is 0.826. The monoisotopic (exact) mass is 332 g/mol. The number of nitrogens with one attached hydrogen (secondary N) is 2. The van der Waals surface area contributed by atoms with E-state index in [-0.39, 0.29) is 42.7 Å². The number of fused-ring (bicyclic) bond motifs is 1. The largest absolute Gasteiger partial charge is 0.345 e. The summed E-state index contributed by atoms with van der Waals surface area (Å²) in [6, 6.07) is 7.13. The average Bonchev–Trinajstić information content (AvgIpc) is 2.78. The lowest BCUT2D eigenvalue weighted by atomic mass is 10.0. The Morgan fingerprint density at radius 2 is 1.86 bits per heavy atom. The van der Waals surface area contributed by atoms with Gasteiger partial charge in [-0.15, -0.1) is 24.8 Å². The van der Waals surface area contributed by atoms with Crippen molar-refractivity contribution in [3.05, 3.63) is 30.1 Å². The summed E-state index contributed by atoms with van der Waals surface area (Å²) in [6.45, 7) is 5.75. The van der Waals surface area contributed by atoms with Crippen LogP contribution in [0.5, 0.6) is 0 Å². The molecule has 1 heterocycles. The van der Waals surface area contributed by atoms with Gasteiger partial charge in [-0.2, -0.15) is 0 Å². The standard InChI is InChI=1S/C14H20N4O.2ClH/c1-8(2)12(18-14(19)9(3)15)13-16-10-6-4-5-7-11(10)17-13;;/h4-9,12H,15H2,1-3H3,(H,16,17)(H,18,19);2*1H/t9-,12?;;/m0../s1. The Kier molecular flexibility index (Phi) is 7.71. The van der Waals surface area contributed by atoms with Gasteiger partial charge in [-0.05, 0) is 25.0 Å². The number of hydrogen-bond donors (Lipinski definition) is 3. The molecule has 0 bridgehead atoms. The Hall–Kier alpha value is -1.30. The highest BCUT2D eigenvalue weighted by molar-refractivity contribution is 5.85. The zero-order chi connectivity index (χ0) is 14.0. The molecule has 0 fully saturated rings. The van der Waals surface area contributed by atoms with Crippen molar-refractivity contribution in [2.45, 2.75) is 32.9 Å². The van der Waals surface area contributed by atoms with Crippen LogP contribution in [0.15, 0.2) is 24.3 Å². The number of halogens is 2. The van der Waals surface area contributed by atoms with Crippen LogP contribution in [0.4, 0.5) is 0 Å². The first-order valence-electron chi connectivity index (χ1n) is 6.49. The van der Waals surface area contributed by atoms with Crippen molar-refractivity contribution >= 4 is 41.8 Å². The summed E-state index contributed by atoms with van der Waals surface area (Å²) >= 11 is 0. The van der Waals surface area contributed by atoms with E-state index in [4.69, 9.17) is 5.73 Å². The molecular weight excluding hydrogens is 311 g/mol. The van der Waals surface area contributed by atoms with Gasteiger partial charge in [0.2, 0.25) is 5.91 Å². The van der Waals surface area contributed by atoms with E-state index in [1.54, 1.807) is 6.92 Å². The summed E-state index contributed by atoms with van der Waals surface area (Å²) in [4.78, 5) is 19.6. The lowest BCUT2D eigenvalue weighted by Crippen LogP contribution is -2.42. The molecule has 0 saturated carbocycles. The minimum atomic E-state index is -0.523. The zero-order valence-electron chi connectivity index (χ0n) is 12.3. The van der Waals surface area contributed by atoms with Gasteiger partial charge in [0.05, 0.1) is 23.1 Å². The molecule has 0 aliphatic rings. The van der Waals surface area contributed by atoms with Crippen molar-refractivity contribution in [3.8, 4) is 0 Å². The highest BCUT2D eigenvalue weighted by Crippen LogP contribution is 2.22. The van der Waals surface area contributed by atoms with Crippen LogP contribution < -0.4 is 11.1 Å². The number of rotatable bonds is 4. The number of carbonyl (C=O) groups excluding carboxylic acids is 1. The van der Waals surface area contributed by atoms with E-state index in [0.717, 1.165) is 16.9 Å². The maximum absolute atomic E-state index is 11.8. The van der Waals surface area contributed by atoms with Crippen LogP contribution in [0.3, 0.4) is 0 Å². The third-order valence-electron chi connectivity index (χ3n) is 3.08. The van der Waals surface area contributed by atoms with E-state index in [0.29, 0.717) is 0 Å². The predicted molar refractivity (Wildman–Crippen MR) is 90.0 cm³/mol. The Balaban J connectivity index is 0.00000200. The maximum atomic E-state index is 11.8. The number of para-hydroxylation sites is 2. The van der Waals surface area contributed by atoms with Crippen LogP contribution in [0.25, 0.3) is 11.0 Å². The molecule has 1 aromatic carbocycles. The first-order valence-corrected chi connectivity index (χ1v) is 6.49. The van der Waals surface area contributed by atoms with E-state index in [1.807, 2.05) is 38.1 Å². The Morgan fingerprint density at radius 3 is 2.38 bits per heavy atom. The van der Waals surface area contributed by atoms with E-state index < -0.39 is 6.04 Å². The second-order valence-electron chi connectivity index (χ2n) is 5.16. The molecule has 7 heteroatoms. The summed E-state index contributed by atoms with van der Waals surface area (Å²) in [5, 5.41) is 2.94. The predicted octanol–water partition coefficient (Wildman–Crippen LogP) is 2.57. The number of nitrogens with two attached hydrogens (primary N) is 1. The van der Waals surface area contributed by atoms with Gasteiger partial charge in [-0.25, -0.2) is 4.98 Å². The topological polar surface area (TPSA) is 83.8 Å². The van der Waals surface area contributed by atoms with Gasteiger partial charge < -0.3 is 16.0 Å². The third kappa shape index (κ3) is 4.59. The van der Waals surface area contributed by atoms with Crippen LogP contribution in [0, 0.1) is 5.92 Å². The first-order chi connectivity index (χ1) is 8.99. The minimum absolute atomic E-state index is 0. The molecule has 0 saturated heterocycles. The molecule has 21 heavy (non-hydrogen) atoms.